The summed E-state index contributed by atoms with van der Waals surface area (Å²) >= 11 is 7.84. The maximum Gasteiger partial charge on any atom is 0.133 e. The first kappa shape index (κ1) is 17.6. The van der Waals surface area contributed by atoms with Gasteiger partial charge in [-0.25, -0.2) is 0 Å². The smallest absolute Gasteiger partial charge is 0.133 e. The van der Waals surface area contributed by atoms with E-state index in [1.54, 1.807) is 0 Å². The molecule has 116 valence electrons. The molecule has 0 aromatic rings. The van der Waals surface area contributed by atoms with Crippen molar-refractivity contribution in [2.24, 2.45) is 5.41 Å². The van der Waals surface area contributed by atoms with Crippen molar-refractivity contribution in [2.45, 2.75) is 64.2 Å². The minimum Gasteiger partial charge on any atom is -0.192 e. The molecule has 2 saturated carbocycles. The Hall–Kier alpha value is -0.720. The Morgan fingerprint density at radius 3 is 2.05 bits per heavy atom. The summed E-state index contributed by atoms with van der Waals surface area (Å²) in [4.78, 5) is 0.942. The quantitative estimate of drug-likeness (QED) is 0.210. The average molecular weight is 424 g/mol. The molecule has 22 heavy (non-hydrogen) atoms. The molecule has 0 amide bonds. The Morgan fingerprint density at radius 1 is 1.00 bits per heavy atom. The third-order valence-electron chi connectivity index (χ3n) is 5.01. The number of thiocarbonyl (C=S) groups is 1. The van der Waals surface area contributed by atoms with Crippen molar-refractivity contribution in [3.63, 3.8) is 0 Å². The number of hydrogen-bond acceptors (Lipinski definition) is 3. The zero-order valence-corrected chi connectivity index (χ0v) is 15.8. The van der Waals surface area contributed by atoms with Crippen LogP contribution < -0.4 is 0 Å². The lowest BCUT2D eigenvalue weighted by molar-refractivity contribution is 0.233. The van der Waals surface area contributed by atoms with Gasteiger partial charge >= 0.3 is 0 Å². The number of hydrogen-bond donors (Lipinski definition) is 0. The van der Waals surface area contributed by atoms with E-state index < -0.39 is 0 Å². The molecule has 0 bridgehead atoms. The van der Waals surface area contributed by atoms with Gasteiger partial charge in [-0.15, -0.1) is 0 Å². The molecular formula is C18H21IN2S. The molecule has 2 nitrogen and oxygen atoms in total. The standard InChI is InChI=1S/C18H21IN2S/c19-11-16-15(14(12-20)13-21)9-18(10-17(16)22)7-5-3-1-2-4-6-8-18/h11H,1-10H2/b16-11-. The van der Waals surface area contributed by atoms with E-state index >= 15 is 0 Å². The van der Waals surface area contributed by atoms with Gasteiger partial charge in [0.1, 0.15) is 17.7 Å². The van der Waals surface area contributed by atoms with Crippen molar-refractivity contribution < 1.29 is 0 Å². The van der Waals surface area contributed by atoms with Crippen molar-refractivity contribution >= 4 is 39.7 Å². The molecule has 0 unspecified atom stereocenters. The van der Waals surface area contributed by atoms with E-state index in [4.69, 9.17) is 12.2 Å². The first-order chi connectivity index (χ1) is 10.7. The highest BCUT2D eigenvalue weighted by Crippen LogP contribution is 2.49. The molecule has 2 aliphatic carbocycles. The van der Waals surface area contributed by atoms with Crippen LogP contribution in [0, 0.1) is 28.1 Å². The molecule has 0 radical (unpaired) electrons. The molecule has 2 fully saturated rings. The van der Waals surface area contributed by atoms with Crippen molar-refractivity contribution in [1.82, 2.24) is 0 Å². The topological polar surface area (TPSA) is 47.6 Å². The molecule has 2 aliphatic rings. The molecule has 0 aromatic carbocycles. The number of rotatable bonds is 0. The fourth-order valence-electron chi connectivity index (χ4n) is 3.83. The van der Waals surface area contributed by atoms with E-state index in [1.165, 1.54) is 51.4 Å². The van der Waals surface area contributed by atoms with Gasteiger partial charge in [0.2, 0.25) is 0 Å². The molecule has 0 N–H and O–H groups in total. The van der Waals surface area contributed by atoms with Gasteiger partial charge in [0.15, 0.2) is 0 Å². The molecule has 2 rings (SSSR count). The summed E-state index contributed by atoms with van der Waals surface area (Å²) in [6, 6.07) is 4.17. The predicted octanol–water partition coefficient (Wildman–Crippen LogP) is 5.93. The van der Waals surface area contributed by atoms with E-state index in [1.807, 2.05) is 4.08 Å². The van der Waals surface area contributed by atoms with Gasteiger partial charge in [-0.1, -0.05) is 73.3 Å². The lowest BCUT2D eigenvalue weighted by Crippen LogP contribution is -2.31. The Morgan fingerprint density at radius 2 is 1.55 bits per heavy atom. The van der Waals surface area contributed by atoms with Crippen LogP contribution in [0.15, 0.2) is 20.8 Å². The molecule has 4 heteroatoms. The van der Waals surface area contributed by atoms with Gasteiger partial charge in [-0.2, -0.15) is 10.5 Å². The zero-order chi connectivity index (χ0) is 16.0. The van der Waals surface area contributed by atoms with Crippen LogP contribution in [0.2, 0.25) is 0 Å². The van der Waals surface area contributed by atoms with Gasteiger partial charge in [0.25, 0.3) is 0 Å². The highest BCUT2D eigenvalue weighted by atomic mass is 127. The van der Waals surface area contributed by atoms with E-state index in [9.17, 15) is 10.5 Å². The molecular weight excluding hydrogens is 403 g/mol. The number of halogens is 1. The van der Waals surface area contributed by atoms with Gasteiger partial charge < -0.3 is 0 Å². The van der Waals surface area contributed by atoms with Gasteiger partial charge in [0.05, 0.1) is 0 Å². The molecule has 0 atom stereocenters. The SMILES string of the molecule is N#CC(C#N)=C1CC2(CCCCCCCC2)CC(=S)/C1=C\I. The summed E-state index contributed by atoms with van der Waals surface area (Å²) in [5, 5.41) is 18.6. The summed E-state index contributed by atoms with van der Waals surface area (Å²) < 4.78 is 1.95. The fourth-order valence-corrected chi connectivity index (χ4v) is 5.28. The van der Waals surface area contributed by atoms with Gasteiger partial charge in [0, 0.05) is 4.86 Å². The molecule has 0 aliphatic heterocycles. The Kier molecular flexibility index (Phi) is 6.59. The average Bonchev–Trinajstić information content (AvgIpc) is 2.61. The van der Waals surface area contributed by atoms with Crippen molar-refractivity contribution in [2.75, 3.05) is 0 Å². The second-order valence-corrected chi connectivity index (χ2v) is 7.61. The van der Waals surface area contributed by atoms with Crippen molar-refractivity contribution in [1.29, 1.82) is 10.5 Å². The molecule has 0 aromatic heterocycles. The normalized spacial score (nSPS) is 24.0. The third kappa shape index (κ3) is 3.97. The first-order valence-electron chi connectivity index (χ1n) is 8.03. The van der Waals surface area contributed by atoms with Crippen molar-refractivity contribution in [3.8, 4) is 12.1 Å². The predicted molar refractivity (Wildman–Crippen MR) is 102 cm³/mol. The molecule has 0 saturated heterocycles. The highest BCUT2D eigenvalue weighted by Gasteiger charge is 2.38. The molecule has 0 heterocycles. The highest BCUT2D eigenvalue weighted by molar-refractivity contribution is 14.1. The number of nitriles is 2. The van der Waals surface area contributed by atoms with Crippen molar-refractivity contribution in [3.05, 3.63) is 20.8 Å². The first-order valence-corrected chi connectivity index (χ1v) is 9.68. The Labute approximate surface area is 152 Å². The maximum absolute atomic E-state index is 9.31. The maximum atomic E-state index is 9.31. The Balaban J connectivity index is 2.39. The number of allylic oxidation sites excluding steroid dienone is 3. The van der Waals surface area contributed by atoms with Crippen LogP contribution in [0.5, 0.6) is 0 Å². The third-order valence-corrected chi connectivity index (χ3v) is 6.00. The van der Waals surface area contributed by atoms with Gasteiger partial charge in [-0.3, -0.25) is 0 Å². The lowest BCUT2D eigenvalue weighted by Gasteiger charge is -2.40. The van der Waals surface area contributed by atoms with Crippen LogP contribution >= 0.6 is 34.8 Å². The fraction of sp³-hybridized carbons (Fsp3) is 0.611. The van der Waals surface area contributed by atoms with Crippen LogP contribution in [-0.4, -0.2) is 4.86 Å². The molecule has 1 spiro atoms. The van der Waals surface area contributed by atoms with Crippen LogP contribution in [0.3, 0.4) is 0 Å². The summed E-state index contributed by atoms with van der Waals surface area (Å²) in [5.74, 6) is 0. The second-order valence-electron chi connectivity index (χ2n) is 6.50. The zero-order valence-electron chi connectivity index (χ0n) is 12.8. The Bertz CT molecular complexity index is 563. The lowest BCUT2D eigenvalue weighted by atomic mass is 9.65. The number of nitrogens with zero attached hydrogens (tertiary/aromatic N) is 2. The monoisotopic (exact) mass is 424 g/mol. The van der Waals surface area contributed by atoms with E-state index in [2.05, 4.69) is 34.7 Å². The summed E-state index contributed by atoms with van der Waals surface area (Å²) in [5.41, 5.74) is 2.29. The summed E-state index contributed by atoms with van der Waals surface area (Å²) in [6.45, 7) is 0. The second kappa shape index (κ2) is 8.22. The summed E-state index contributed by atoms with van der Waals surface area (Å²) in [6.07, 6.45) is 11.9. The van der Waals surface area contributed by atoms with E-state index in [-0.39, 0.29) is 11.0 Å². The minimum absolute atomic E-state index is 0.179. The van der Waals surface area contributed by atoms with Crippen LogP contribution in [0.4, 0.5) is 0 Å². The van der Waals surface area contributed by atoms with Crippen LogP contribution in [0.1, 0.15) is 64.2 Å². The summed E-state index contributed by atoms with van der Waals surface area (Å²) in [7, 11) is 0. The van der Waals surface area contributed by atoms with Gasteiger partial charge in [-0.05, 0) is 46.3 Å². The van der Waals surface area contributed by atoms with E-state index in [0.29, 0.717) is 0 Å². The largest absolute Gasteiger partial charge is 0.192 e. The van der Waals surface area contributed by atoms with Crippen LogP contribution in [-0.2, 0) is 0 Å². The van der Waals surface area contributed by atoms with Crippen LogP contribution in [0.25, 0.3) is 0 Å². The van der Waals surface area contributed by atoms with E-state index in [0.717, 1.165) is 28.9 Å². The minimum atomic E-state index is 0.179.